The number of carbonyl (C=O) groups excluding carboxylic acids is 1. The predicted octanol–water partition coefficient (Wildman–Crippen LogP) is 3.99. The number of hydrogen-bond donors (Lipinski definition) is 2. The molecule has 21 heavy (non-hydrogen) atoms. The first-order valence-electron chi connectivity index (χ1n) is 6.91. The minimum absolute atomic E-state index is 0.0709. The van der Waals surface area contributed by atoms with E-state index in [-0.39, 0.29) is 12.0 Å². The number of para-hydroxylation sites is 1. The van der Waals surface area contributed by atoms with E-state index in [2.05, 4.69) is 24.4 Å². The maximum atomic E-state index is 12.0. The maximum absolute atomic E-state index is 12.0. The van der Waals surface area contributed by atoms with Crippen molar-refractivity contribution in [3.05, 3.63) is 45.6 Å². The Hall–Kier alpha value is -2.01. The first-order valence-corrected chi connectivity index (χ1v) is 7.73. The second-order valence-corrected chi connectivity index (χ2v) is 6.12. The van der Waals surface area contributed by atoms with Gasteiger partial charge in [-0.2, -0.15) is 0 Å². The Bertz CT molecular complexity index is 637. The van der Waals surface area contributed by atoms with Crippen LogP contribution < -0.4 is 11.1 Å². The number of thiophene rings is 1. The molecule has 0 aliphatic rings. The molecular formula is C16H20N2O2S. The van der Waals surface area contributed by atoms with Gasteiger partial charge in [-0.05, 0) is 45.0 Å². The number of benzene rings is 1. The summed E-state index contributed by atoms with van der Waals surface area (Å²) in [6.07, 6.45) is 0. The summed E-state index contributed by atoms with van der Waals surface area (Å²) < 4.78 is 5.08. The average molecular weight is 304 g/mol. The van der Waals surface area contributed by atoms with Crippen LogP contribution in [0.2, 0.25) is 0 Å². The number of nitrogen functional groups attached to an aromatic ring is 1. The quantitative estimate of drug-likeness (QED) is 0.647. The van der Waals surface area contributed by atoms with E-state index in [9.17, 15) is 4.79 Å². The zero-order valence-electron chi connectivity index (χ0n) is 12.5. The van der Waals surface area contributed by atoms with Crippen molar-refractivity contribution in [1.29, 1.82) is 0 Å². The third-order valence-electron chi connectivity index (χ3n) is 3.14. The third-order valence-corrected chi connectivity index (χ3v) is 4.32. The van der Waals surface area contributed by atoms with Gasteiger partial charge >= 0.3 is 5.97 Å². The van der Waals surface area contributed by atoms with Gasteiger partial charge in [0.25, 0.3) is 0 Å². The standard InChI is InChI=1S/C16H20N2O2S/c1-4-20-16(19)12-6-5-7-13(17)15(12)18-11(3)14-9-8-10(2)21-14/h5-9,11,18H,4,17H2,1-3H3. The lowest BCUT2D eigenvalue weighted by molar-refractivity contribution is 0.0527. The molecule has 0 spiro atoms. The molecule has 2 aromatic rings. The number of nitrogens with two attached hydrogens (primary N) is 1. The first-order chi connectivity index (χ1) is 10.0. The van der Waals surface area contributed by atoms with Gasteiger partial charge in [0, 0.05) is 9.75 Å². The molecule has 4 nitrogen and oxygen atoms in total. The van der Waals surface area contributed by atoms with E-state index in [0.717, 1.165) is 0 Å². The minimum atomic E-state index is -0.359. The number of ether oxygens (including phenoxy) is 1. The monoisotopic (exact) mass is 304 g/mol. The molecule has 0 bridgehead atoms. The molecule has 0 saturated heterocycles. The highest BCUT2D eigenvalue weighted by atomic mass is 32.1. The Morgan fingerprint density at radius 2 is 2.14 bits per heavy atom. The van der Waals surface area contributed by atoms with Crippen molar-refractivity contribution in [3.8, 4) is 0 Å². The molecule has 5 heteroatoms. The van der Waals surface area contributed by atoms with Gasteiger partial charge in [0.05, 0.1) is 29.6 Å². The lowest BCUT2D eigenvalue weighted by Gasteiger charge is -2.18. The summed E-state index contributed by atoms with van der Waals surface area (Å²) in [6.45, 7) is 6.25. The van der Waals surface area contributed by atoms with Crippen LogP contribution in [0.15, 0.2) is 30.3 Å². The topological polar surface area (TPSA) is 64.3 Å². The van der Waals surface area contributed by atoms with E-state index in [4.69, 9.17) is 10.5 Å². The first kappa shape index (κ1) is 15.4. The fourth-order valence-electron chi connectivity index (χ4n) is 2.08. The summed E-state index contributed by atoms with van der Waals surface area (Å²) >= 11 is 1.73. The smallest absolute Gasteiger partial charge is 0.340 e. The molecule has 1 atom stereocenters. The lowest BCUT2D eigenvalue weighted by atomic mass is 10.1. The van der Waals surface area contributed by atoms with Crippen molar-refractivity contribution in [2.24, 2.45) is 0 Å². The summed E-state index contributed by atoms with van der Waals surface area (Å²) in [5, 5.41) is 3.33. The molecule has 0 aliphatic heterocycles. The van der Waals surface area contributed by atoms with Crippen LogP contribution in [0.3, 0.4) is 0 Å². The zero-order valence-corrected chi connectivity index (χ0v) is 13.3. The van der Waals surface area contributed by atoms with Crippen LogP contribution >= 0.6 is 11.3 Å². The largest absolute Gasteiger partial charge is 0.462 e. The number of carbonyl (C=O) groups is 1. The van der Waals surface area contributed by atoms with E-state index < -0.39 is 0 Å². The highest BCUT2D eigenvalue weighted by Crippen LogP contribution is 2.31. The Morgan fingerprint density at radius 1 is 1.38 bits per heavy atom. The van der Waals surface area contributed by atoms with Crippen LogP contribution in [0.4, 0.5) is 11.4 Å². The molecule has 0 aliphatic carbocycles. The van der Waals surface area contributed by atoms with Crippen molar-refractivity contribution in [2.45, 2.75) is 26.8 Å². The number of nitrogens with one attached hydrogen (secondary N) is 1. The zero-order chi connectivity index (χ0) is 15.4. The molecule has 1 heterocycles. The number of esters is 1. The summed E-state index contributed by atoms with van der Waals surface area (Å²) in [5.74, 6) is -0.359. The summed E-state index contributed by atoms with van der Waals surface area (Å²) in [5.41, 5.74) is 7.67. The highest BCUT2D eigenvalue weighted by Gasteiger charge is 2.17. The van der Waals surface area contributed by atoms with E-state index in [0.29, 0.717) is 23.5 Å². The van der Waals surface area contributed by atoms with E-state index in [1.54, 1.807) is 36.5 Å². The summed E-state index contributed by atoms with van der Waals surface area (Å²) in [7, 11) is 0. The fourth-order valence-corrected chi connectivity index (χ4v) is 2.96. The van der Waals surface area contributed by atoms with Crippen molar-refractivity contribution >= 4 is 28.7 Å². The molecule has 1 aromatic heterocycles. The van der Waals surface area contributed by atoms with Gasteiger partial charge in [0.2, 0.25) is 0 Å². The van der Waals surface area contributed by atoms with Gasteiger partial charge in [0.1, 0.15) is 0 Å². The molecule has 112 valence electrons. The molecule has 2 rings (SSSR count). The average Bonchev–Trinajstić information content (AvgIpc) is 2.88. The Labute approximate surface area is 128 Å². The van der Waals surface area contributed by atoms with Crippen molar-refractivity contribution in [1.82, 2.24) is 0 Å². The van der Waals surface area contributed by atoms with E-state index in [1.165, 1.54) is 9.75 Å². The second-order valence-electron chi connectivity index (χ2n) is 4.80. The summed E-state index contributed by atoms with van der Waals surface area (Å²) in [6, 6.07) is 9.49. The fraction of sp³-hybridized carbons (Fsp3) is 0.312. The van der Waals surface area contributed by atoms with Gasteiger partial charge in [-0.15, -0.1) is 11.3 Å². The Kier molecular flexibility index (Phi) is 4.85. The van der Waals surface area contributed by atoms with Gasteiger partial charge in [-0.1, -0.05) is 6.07 Å². The van der Waals surface area contributed by atoms with Crippen LogP contribution in [0.25, 0.3) is 0 Å². The van der Waals surface area contributed by atoms with E-state index >= 15 is 0 Å². The van der Waals surface area contributed by atoms with Crippen LogP contribution in [0.1, 0.15) is 40.0 Å². The second kappa shape index (κ2) is 6.63. The van der Waals surface area contributed by atoms with Crippen LogP contribution in [-0.4, -0.2) is 12.6 Å². The minimum Gasteiger partial charge on any atom is -0.462 e. The van der Waals surface area contributed by atoms with Gasteiger partial charge in [-0.25, -0.2) is 4.79 Å². The predicted molar refractivity (Wildman–Crippen MR) is 87.9 cm³/mol. The Morgan fingerprint density at radius 3 is 2.76 bits per heavy atom. The van der Waals surface area contributed by atoms with Gasteiger partial charge in [0.15, 0.2) is 0 Å². The molecule has 0 fully saturated rings. The van der Waals surface area contributed by atoms with Crippen molar-refractivity contribution < 1.29 is 9.53 Å². The highest BCUT2D eigenvalue weighted by molar-refractivity contribution is 7.12. The molecule has 0 saturated carbocycles. The van der Waals surface area contributed by atoms with E-state index in [1.807, 2.05) is 6.92 Å². The van der Waals surface area contributed by atoms with Gasteiger partial charge < -0.3 is 15.8 Å². The molecule has 3 N–H and O–H groups in total. The SMILES string of the molecule is CCOC(=O)c1cccc(N)c1NC(C)c1ccc(C)s1. The number of aryl methyl sites for hydroxylation is 1. The van der Waals surface area contributed by atoms with Crippen LogP contribution in [-0.2, 0) is 4.74 Å². The van der Waals surface area contributed by atoms with Crippen LogP contribution in [0.5, 0.6) is 0 Å². The lowest BCUT2D eigenvalue weighted by Crippen LogP contribution is -2.13. The van der Waals surface area contributed by atoms with Crippen molar-refractivity contribution in [3.63, 3.8) is 0 Å². The number of anilines is 2. The number of hydrogen-bond acceptors (Lipinski definition) is 5. The molecule has 0 radical (unpaired) electrons. The molecular weight excluding hydrogens is 284 g/mol. The normalized spacial score (nSPS) is 12.0. The molecule has 1 unspecified atom stereocenters. The Balaban J connectivity index is 2.28. The maximum Gasteiger partial charge on any atom is 0.340 e. The number of rotatable bonds is 5. The summed E-state index contributed by atoms with van der Waals surface area (Å²) in [4.78, 5) is 14.5. The molecule has 1 aromatic carbocycles. The third kappa shape index (κ3) is 3.55. The van der Waals surface area contributed by atoms with Gasteiger partial charge in [-0.3, -0.25) is 0 Å². The van der Waals surface area contributed by atoms with Crippen molar-refractivity contribution in [2.75, 3.05) is 17.7 Å². The molecule has 0 amide bonds. The van der Waals surface area contributed by atoms with Crippen LogP contribution in [0, 0.1) is 6.92 Å².